The Labute approximate surface area is 201 Å². The summed E-state index contributed by atoms with van der Waals surface area (Å²) in [6.07, 6.45) is 7.11. The minimum atomic E-state index is -0.918. The Kier molecular flexibility index (Phi) is 6.52. The second-order valence-corrected chi connectivity index (χ2v) is 13.2. The molecular formula is C29H48O4. The first-order chi connectivity index (χ1) is 15.3. The molecule has 4 N–H and O–H groups in total. The van der Waals surface area contributed by atoms with E-state index in [2.05, 4.69) is 53.3 Å². The van der Waals surface area contributed by atoms with Gasteiger partial charge in [0.2, 0.25) is 0 Å². The Balaban J connectivity index is 1.64. The van der Waals surface area contributed by atoms with Gasteiger partial charge in [-0.2, -0.15) is 0 Å². The highest BCUT2D eigenvalue weighted by molar-refractivity contribution is 5.22. The molecule has 0 aromatic rings. The third kappa shape index (κ3) is 3.70. The third-order valence-electron chi connectivity index (χ3n) is 11.2. The molecule has 0 aromatic heterocycles. The van der Waals surface area contributed by atoms with E-state index in [0.29, 0.717) is 37.0 Å². The number of hydrogen-bond acceptors (Lipinski definition) is 4. The van der Waals surface area contributed by atoms with Gasteiger partial charge in [0.25, 0.3) is 0 Å². The van der Waals surface area contributed by atoms with Gasteiger partial charge in [0.15, 0.2) is 0 Å². The lowest BCUT2D eigenvalue weighted by Crippen LogP contribution is -2.70. The molecule has 0 radical (unpaired) electrons. The van der Waals surface area contributed by atoms with Crippen LogP contribution in [0, 0.1) is 52.3 Å². The lowest BCUT2D eigenvalue weighted by molar-refractivity contribution is -0.276. The first-order valence-electron chi connectivity index (χ1n) is 13.4. The van der Waals surface area contributed by atoms with Crippen LogP contribution in [0.1, 0.15) is 80.1 Å². The lowest BCUT2D eigenvalue weighted by Gasteiger charge is -2.67. The van der Waals surface area contributed by atoms with E-state index in [1.807, 2.05) is 6.92 Å². The van der Waals surface area contributed by atoms with Gasteiger partial charge in [0.05, 0.1) is 23.9 Å². The largest absolute Gasteiger partial charge is 0.393 e. The van der Waals surface area contributed by atoms with Crippen molar-refractivity contribution < 1.29 is 20.4 Å². The van der Waals surface area contributed by atoms with Gasteiger partial charge in [-0.05, 0) is 84.9 Å². The van der Waals surface area contributed by atoms with Crippen molar-refractivity contribution in [3.8, 4) is 0 Å². The van der Waals surface area contributed by atoms with E-state index in [4.69, 9.17) is 0 Å². The van der Waals surface area contributed by atoms with Gasteiger partial charge in [-0.25, -0.2) is 0 Å². The number of rotatable bonds is 4. The Bertz CT molecular complexity index is 790. The molecule has 4 rings (SSSR count). The molecule has 4 heteroatoms. The van der Waals surface area contributed by atoms with Crippen LogP contribution in [0.25, 0.3) is 0 Å². The predicted octanol–water partition coefficient (Wildman–Crippen LogP) is 4.71. The smallest absolute Gasteiger partial charge is 0.0827 e. The summed E-state index contributed by atoms with van der Waals surface area (Å²) in [4.78, 5) is 0. The van der Waals surface area contributed by atoms with Gasteiger partial charge >= 0.3 is 0 Å². The second-order valence-electron chi connectivity index (χ2n) is 13.2. The summed E-state index contributed by atoms with van der Waals surface area (Å²) in [5.74, 6) is 1.30. The van der Waals surface area contributed by atoms with Crippen molar-refractivity contribution in [2.45, 2.75) is 104 Å². The molecule has 0 saturated heterocycles. The van der Waals surface area contributed by atoms with Crippen LogP contribution in [-0.2, 0) is 0 Å². The SMILES string of the molecule is C=C(C=CC(C)C1CCC2C1(C)CC(O)C1C3(C)CC(O)C(O)C(C)C3CCC21O)C(C)C. The molecule has 0 amide bonds. The molecule has 0 heterocycles. The molecule has 12 unspecified atom stereocenters. The van der Waals surface area contributed by atoms with Gasteiger partial charge in [-0.15, -0.1) is 0 Å². The minimum absolute atomic E-state index is 0.0284. The van der Waals surface area contributed by atoms with E-state index < -0.39 is 23.9 Å². The quantitative estimate of drug-likeness (QED) is 0.458. The summed E-state index contributed by atoms with van der Waals surface area (Å²) in [5, 5.41) is 45.3. The lowest BCUT2D eigenvalue weighted by atomic mass is 9.40. The van der Waals surface area contributed by atoms with Crippen LogP contribution < -0.4 is 0 Å². The van der Waals surface area contributed by atoms with Crippen LogP contribution >= 0.6 is 0 Å². The molecule has 0 bridgehead atoms. The number of fused-ring (bicyclic) bond motifs is 5. The molecule has 4 fully saturated rings. The van der Waals surface area contributed by atoms with E-state index in [9.17, 15) is 20.4 Å². The van der Waals surface area contributed by atoms with E-state index in [0.717, 1.165) is 24.8 Å². The van der Waals surface area contributed by atoms with Crippen molar-refractivity contribution in [3.63, 3.8) is 0 Å². The topological polar surface area (TPSA) is 80.9 Å². The van der Waals surface area contributed by atoms with Crippen molar-refractivity contribution in [2.24, 2.45) is 52.3 Å². The number of aliphatic hydroxyl groups excluding tert-OH is 3. The molecule has 12 atom stereocenters. The van der Waals surface area contributed by atoms with Crippen LogP contribution in [0.2, 0.25) is 0 Å². The first-order valence-corrected chi connectivity index (χ1v) is 13.4. The molecular weight excluding hydrogens is 412 g/mol. The highest BCUT2D eigenvalue weighted by Gasteiger charge is 2.70. The normalized spacial score (nSPS) is 52.9. The molecule has 4 saturated carbocycles. The molecule has 188 valence electrons. The van der Waals surface area contributed by atoms with Gasteiger partial charge in [0.1, 0.15) is 0 Å². The standard InChI is InChI=1S/C29H48O4/c1-16(2)17(3)8-9-18(4)20-10-11-24-27(20,6)15-23(31)26-28(7)14-22(30)25(32)19(5)21(28)12-13-29(24,26)33/h8-9,16,18-26,30-33H,3,10-15H2,1-2,4-7H3. The fourth-order valence-corrected chi connectivity index (χ4v) is 9.55. The fourth-order valence-electron chi connectivity index (χ4n) is 9.55. The van der Waals surface area contributed by atoms with Crippen LogP contribution in [0.5, 0.6) is 0 Å². The van der Waals surface area contributed by atoms with E-state index >= 15 is 0 Å². The number of hydrogen-bond donors (Lipinski definition) is 4. The fraction of sp³-hybridized carbons (Fsp3) is 0.862. The average Bonchev–Trinajstić information content (AvgIpc) is 3.06. The molecule has 33 heavy (non-hydrogen) atoms. The van der Waals surface area contributed by atoms with E-state index in [1.54, 1.807) is 0 Å². The molecule has 0 aromatic carbocycles. The number of allylic oxidation sites excluding steroid dienone is 3. The van der Waals surface area contributed by atoms with Crippen LogP contribution in [-0.4, -0.2) is 44.3 Å². The molecule has 4 aliphatic carbocycles. The Hall–Kier alpha value is -0.680. The summed E-state index contributed by atoms with van der Waals surface area (Å²) in [7, 11) is 0. The molecule has 0 aliphatic heterocycles. The summed E-state index contributed by atoms with van der Waals surface area (Å²) >= 11 is 0. The first kappa shape index (κ1) is 25.4. The number of aliphatic hydroxyl groups is 4. The highest BCUT2D eigenvalue weighted by atomic mass is 16.3. The predicted molar refractivity (Wildman–Crippen MR) is 132 cm³/mol. The maximum atomic E-state index is 12.4. The average molecular weight is 461 g/mol. The summed E-state index contributed by atoms with van der Waals surface area (Å²) < 4.78 is 0. The second kappa shape index (κ2) is 8.47. The maximum Gasteiger partial charge on any atom is 0.0827 e. The van der Waals surface area contributed by atoms with Crippen molar-refractivity contribution in [1.29, 1.82) is 0 Å². The van der Waals surface area contributed by atoms with Gasteiger partial charge in [-0.3, -0.25) is 0 Å². The van der Waals surface area contributed by atoms with Gasteiger partial charge in [0, 0.05) is 5.92 Å². The van der Waals surface area contributed by atoms with Crippen LogP contribution in [0.3, 0.4) is 0 Å². The van der Waals surface area contributed by atoms with Crippen molar-refractivity contribution in [3.05, 3.63) is 24.3 Å². The maximum absolute atomic E-state index is 12.4. The van der Waals surface area contributed by atoms with Crippen molar-refractivity contribution in [2.75, 3.05) is 0 Å². The van der Waals surface area contributed by atoms with Crippen molar-refractivity contribution >= 4 is 0 Å². The molecule has 0 spiro atoms. The Morgan fingerprint density at radius 3 is 2.24 bits per heavy atom. The van der Waals surface area contributed by atoms with Crippen molar-refractivity contribution in [1.82, 2.24) is 0 Å². The zero-order valence-electron chi connectivity index (χ0n) is 21.7. The van der Waals surface area contributed by atoms with Crippen LogP contribution in [0.4, 0.5) is 0 Å². The Morgan fingerprint density at radius 2 is 1.61 bits per heavy atom. The summed E-state index contributed by atoms with van der Waals surface area (Å²) in [6, 6.07) is 0. The van der Waals surface area contributed by atoms with Gasteiger partial charge in [-0.1, -0.05) is 65.8 Å². The van der Waals surface area contributed by atoms with E-state index in [1.165, 1.54) is 0 Å². The highest BCUT2D eigenvalue weighted by Crippen LogP contribution is 2.70. The van der Waals surface area contributed by atoms with Crippen LogP contribution in [0.15, 0.2) is 24.3 Å². The third-order valence-corrected chi connectivity index (χ3v) is 11.2. The summed E-state index contributed by atoms with van der Waals surface area (Å²) in [6.45, 7) is 17.3. The monoisotopic (exact) mass is 460 g/mol. The van der Waals surface area contributed by atoms with E-state index in [-0.39, 0.29) is 34.5 Å². The Morgan fingerprint density at radius 1 is 0.970 bits per heavy atom. The zero-order chi connectivity index (χ0) is 24.5. The minimum Gasteiger partial charge on any atom is -0.393 e. The van der Waals surface area contributed by atoms with Gasteiger partial charge < -0.3 is 20.4 Å². The zero-order valence-corrected chi connectivity index (χ0v) is 21.7. The molecule has 4 nitrogen and oxygen atoms in total. The summed E-state index contributed by atoms with van der Waals surface area (Å²) in [5.41, 5.74) is -0.263. The molecule has 4 aliphatic rings.